The van der Waals surface area contributed by atoms with Gasteiger partial charge in [-0.15, -0.1) is 0 Å². The van der Waals surface area contributed by atoms with Crippen molar-refractivity contribution < 1.29 is 9.90 Å². The topological polar surface area (TPSA) is 84.6 Å². The minimum absolute atomic E-state index is 0.228. The molecule has 1 aromatic carbocycles. The number of benzene rings is 1. The van der Waals surface area contributed by atoms with Crippen LogP contribution in [0, 0.1) is 0 Å². The van der Waals surface area contributed by atoms with Gasteiger partial charge in [-0.3, -0.25) is 14.2 Å². The molecule has 0 saturated heterocycles. The molecule has 0 fully saturated rings. The monoisotopic (exact) mass is 309 g/mol. The Bertz CT molecular complexity index is 937. The van der Waals surface area contributed by atoms with Crippen LogP contribution in [0.15, 0.2) is 29.3 Å². The summed E-state index contributed by atoms with van der Waals surface area (Å²) < 4.78 is 1.15. The molecule has 0 aliphatic heterocycles. The first kappa shape index (κ1) is 12.8. The van der Waals surface area contributed by atoms with Gasteiger partial charge in [0.25, 0.3) is 5.56 Å². The minimum atomic E-state index is -1.35. The molecule has 0 spiro atoms. The van der Waals surface area contributed by atoms with Gasteiger partial charge in [0.2, 0.25) is 0 Å². The third-order valence-corrected chi connectivity index (χ3v) is 3.52. The van der Waals surface area contributed by atoms with Gasteiger partial charge >= 0.3 is 5.97 Å². The Kier molecular flexibility index (Phi) is 2.84. The van der Waals surface area contributed by atoms with E-state index in [0.29, 0.717) is 16.1 Å². The highest BCUT2D eigenvalue weighted by Gasteiger charge is 2.14. The molecule has 2 aromatic heterocycles. The Morgan fingerprint density at radius 3 is 2.55 bits per heavy atom. The summed E-state index contributed by atoms with van der Waals surface area (Å²) in [6.45, 7) is 0. The van der Waals surface area contributed by atoms with Gasteiger partial charge in [0.05, 0.1) is 27.3 Å². The summed E-state index contributed by atoms with van der Waals surface area (Å²) in [5, 5.41) is 9.51. The molecule has 0 bridgehead atoms. The molecule has 8 heteroatoms. The van der Waals surface area contributed by atoms with Crippen molar-refractivity contribution in [3.8, 4) is 0 Å². The van der Waals surface area contributed by atoms with Gasteiger partial charge in [-0.1, -0.05) is 23.2 Å². The zero-order valence-electron chi connectivity index (χ0n) is 9.67. The smallest absolute Gasteiger partial charge is 0.342 e. The van der Waals surface area contributed by atoms with Crippen LogP contribution in [0.5, 0.6) is 0 Å². The lowest BCUT2D eigenvalue weighted by Crippen LogP contribution is -2.23. The van der Waals surface area contributed by atoms with E-state index in [1.165, 1.54) is 18.3 Å². The largest absolute Gasteiger partial charge is 0.477 e. The number of aromatic carboxylic acids is 1. The lowest BCUT2D eigenvalue weighted by atomic mass is 10.2. The molecule has 20 heavy (non-hydrogen) atoms. The van der Waals surface area contributed by atoms with E-state index in [-0.39, 0.29) is 10.7 Å². The SMILES string of the molecule is O=C(O)c1cnc2cnc3cc(Cl)c(Cl)cc3n2c1=O. The Hall–Kier alpha value is -2.18. The number of carboxylic acids is 1. The summed E-state index contributed by atoms with van der Waals surface area (Å²) in [6, 6.07) is 2.95. The average Bonchev–Trinajstić information content (AvgIpc) is 2.40. The Labute approximate surface area is 121 Å². The van der Waals surface area contributed by atoms with Crippen LogP contribution in [0.2, 0.25) is 10.0 Å². The molecule has 3 aromatic rings. The molecular weight excluding hydrogens is 305 g/mol. The van der Waals surface area contributed by atoms with Crippen LogP contribution in [-0.4, -0.2) is 25.4 Å². The van der Waals surface area contributed by atoms with Gasteiger partial charge in [0.1, 0.15) is 5.56 Å². The fourth-order valence-corrected chi connectivity index (χ4v) is 2.19. The summed E-state index contributed by atoms with van der Waals surface area (Å²) in [5.41, 5.74) is -0.143. The third kappa shape index (κ3) is 1.81. The van der Waals surface area contributed by atoms with Gasteiger partial charge in [-0.2, -0.15) is 0 Å². The van der Waals surface area contributed by atoms with Gasteiger partial charge < -0.3 is 5.11 Å². The van der Waals surface area contributed by atoms with Crippen molar-refractivity contribution in [2.45, 2.75) is 0 Å². The highest BCUT2D eigenvalue weighted by atomic mass is 35.5. The maximum atomic E-state index is 12.2. The summed E-state index contributed by atoms with van der Waals surface area (Å²) in [7, 11) is 0. The van der Waals surface area contributed by atoms with E-state index in [1.54, 1.807) is 0 Å². The number of fused-ring (bicyclic) bond motifs is 3. The zero-order valence-corrected chi connectivity index (χ0v) is 11.2. The second-order valence-corrected chi connectivity index (χ2v) is 4.80. The van der Waals surface area contributed by atoms with E-state index in [4.69, 9.17) is 28.3 Å². The quantitative estimate of drug-likeness (QED) is 0.697. The van der Waals surface area contributed by atoms with Crippen molar-refractivity contribution in [1.82, 2.24) is 14.4 Å². The molecule has 2 heterocycles. The molecule has 0 atom stereocenters. The van der Waals surface area contributed by atoms with Crippen molar-refractivity contribution in [2.75, 3.05) is 0 Å². The summed E-state index contributed by atoms with van der Waals surface area (Å²) in [5.74, 6) is -1.35. The Morgan fingerprint density at radius 1 is 1.15 bits per heavy atom. The number of rotatable bonds is 1. The van der Waals surface area contributed by atoms with Crippen LogP contribution < -0.4 is 5.56 Å². The molecule has 0 amide bonds. The van der Waals surface area contributed by atoms with Crippen molar-refractivity contribution in [1.29, 1.82) is 0 Å². The fourth-order valence-electron chi connectivity index (χ4n) is 1.87. The molecule has 6 nitrogen and oxygen atoms in total. The highest BCUT2D eigenvalue weighted by Crippen LogP contribution is 2.26. The number of carboxylic acid groups (broad SMARTS) is 1. The minimum Gasteiger partial charge on any atom is -0.477 e. The lowest BCUT2D eigenvalue weighted by Gasteiger charge is -2.06. The van der Waals surface area contributed by atoms with E-state index in [9.17, 15) is 9.59 Å². The second kappa shape index (κ2) is 4.43. The first-order chi connectivity index (χ1) is 9.49. The molecule has 1 N–H and O–H groups in total. The molecule has 0 radical (unpaired) electrons. The standard InChI is InChI=1S/C12H5Cl2N3O3/c13-6-1-8-9(2-7(6)14)17-10(4-15-8)16-3-5(11(17)18)12(19)20/h1-4H,(H,19,20). The number of halogens is 2. The molecule has 0 unspecified atom stereocenters. The van der Waals surface area contributed by atoms with Crippen LogP contribution in [0.1, 0.15) is 10.4 Å². The van der Waals surface area contributed by atoms with Crippen molar-refractivity contribution in [3.05, 3.63) is 50.5 Å². The number of carbonyl (C=O) groups is 1. The summed E-state index contributed by atoms with van der Waals surface area (Å²) in [6.07, 6.45) is 2.37. The average molecular weight is 310 g/mol. The van der Waals surface area contributed by atoms with Crippen LogP contribution in [0.4, 0.5) is 0 Å². The van der Waals surface area contributed by atoms with E-state index in [2.05, 4.69) is 9.97 Å². The number of hydrogen-bond donors (Lipinski definition) is 1. The second-order valence-electron chi connectivity index (χ2n) is 3.99. The van der Waals surface area contributed by atoms with Gasteiger partial charge in [0.15, 0.2) is 5.65 Å². The van der Waals surface area contributed by atoms with Gasteiger partial charge in [-0.25, -0.2) is 9.78 Å². The fraction of sp³-hybridized carbons (Fsp3) is 0. The first-order valence-corrected chi connectivity index (χ1v) is 6.13. The van der Waals surface area contributed by atoms with Crippen molar-refractivity contribution in [3.63, 3.8) is 0 Å². The predicted octanol–water partition coefficient (Wildman–Crippen LogP) is 2.25. The summed E-state index contributed by atoms with van der Waals surface area (Å²) in [4.78, 5) is 31.2. The Balaban J connectivity index is 2.58. The number of hydrogen-bond acceptors (Lipinski definition) is 4. The maximum absolute atomic E-state index is 12.2. The van der Waals surface area contributed by atoms with Crippen molar-refractivity contribution >= 4 is 45.9 Å². The molecule has 3 rings (SSSR count). The van der Waals surface area contributed by atoms with Crippen LogP contribution in [0.25, 0.3) is 16.7 Å². The van der Waals surface area contributed by atoms with E-state index in [1.807, 2.05) is 0 Å². The van der Waals surface area contributed by atoms with E-state index < -0.39 is 17.1 Å². The highest BCUT2D eigenvalue weighted by molar-refractivity contribution is 6.42. The van der Waals surface area contributed by atoms with Crippen LogP contribution in [0.3, 0.4) is 0 Å². The molecule has 0 aliphatic carbocycles. The van der Waals surface area contributed by atoms with Gasteiger partial charge in [-0.05, 0) is 12.1 Å². The maximum Gasteiger partial charge on any atom is 0.342 e. The molecule has 0 aliphatic rings. The lowest BCUT2D eigenvalue weighted by molar-refractivity contribution is 0.0694. The van der Waals surface area contributed by atoms with Crippen LogP contribution >= 0.6 is 23.2 Å². The normalized spacial score (nSPS) is 11.1. The first-order valence-electron chi connectivity index (χ1n) is 5.38. The predicted molar refractivity (Wildman–Crippen MR) is 73.7 cm³/mol. The Morgan fingerprint density at radius 2 is 1.85 bits per heavy atom. The molecular formula is C12H5Cl2N3O3. The number of aromatic nitrogens is 3. The van der Waals surface area contributed by atoms with E-state index in [0.717, 1.165) is 10.6 Å². The third-order valence-electron chi connectivity index (χ3n) is 2.80. The van der Waals surface area contributed by atoms with Crippen LogP contribution in [-0.2, 0) is 0 Å². The molecule has 100 valence electrons. The summed E-state index contributed by atoms with van der Waals surface area (Å²) >= 11 is 11.8. The zero-order chi connectivity index (χ0) is 14.4. The van der Waals surface area contributed by atoms with Crippen molar-refractivity contribution in [2.24, 2.45) is 0 Å². The molecule has 0 saturated carbocycles. The van der Waals surface area contributed by atoms with Gasteiger partial charge in [0, 0.05) is 6.20 Å². The van der Waals surface area contributed by atoms with E-state index >= 15 is 0 Å². The number of nitrogens with zero attached hydrogens (tertiary/aromatic N) is 3.